The van der Waals surface area contributed by atoms with E-state index in [-0.39, 0.29) is 0 Å². The second-order valence-corrected chi connectivity index (χ2v) is 19.5. The van der Waals surface area contributed by atoms with Gasteiger partial charge in [-0.25, -0.2) is 0 Å². The summed E-state index contributed by atoms with van der Waals surface area (Å²) in [6, 6.07) is 4.49. The molecular formula is C19H35NOSn. The molecule has 1 heterocycles. The van der Waals surface area contributed by atoms with Crippen LogP contribution < -0.4 is 8.32 Å². The topological polar surface area (TPSA) is 22.1 Å². The van der Waals surface area contributed by atoms with E-state index in [1.807, 2.05) is 6.20 Å². The molecule has 0 saturated carbocycles. The molecular weight excluding hydrogens is 377 g/mol. The van der Waals surface area contributed by atoms with Crippen molar-refractivity contribution in [3.05, 3.63) is 18.3 Å². The number of pyridine rings is 1. The van der Waals surface area contributed by atoms with Crippen molar-refractivity contribution >= 4 is 22.0 Å². The third kappa shape index (κ3) is 5.75. The van der Waals surface area contributed by atoms with Gasteiger partial charge >= 0.3 is 142 Å². The van der Waals surface area contributed by atoms with Gasteiger partial charge in [-0.2, -0.15) is 0 Å². The number of hydrogen-bond acceptors (Lipinski definition) is 2. The van der Waals surface area contributed by atoms with Crippen molar-refractivity contribution in [2.24, 2.45) is 0 Å². The Morgan fingerprint density at radius 1 is 0.909 bits per heavy atom. The second kappa shape index (κ2) is 11.3. The summed E-state index contributed by atoms with van der Waals surface area (Å²) in [4.78, 5) is 4.59. The zero-order valence-corrected chi connectivity index (χ0v) is 18.0. The number of aromatic nitrogens is 1. The molecule has 0 aromatic carbocycles. The average molecular weight is 412 g/mol. The Morgan fingerprint density at radius 2 is 1.45 bits per heavy atom. The van der Waals surface area contributed by atoms with Crippen molar-refractivity contribution < 1.29 is 4.74 Å². The predicted molar refractivity (Wildman–Crippen MR) is 99.9 cm³/mol. The van der Waals surface area contributed by atoms with Crippen LogP contribution >= 0.6 is 0 Å². The molecule has 0 amide bonds. The van der Waals surface area contributed by atoms with Gasteiger partial charge in [0.1, 0.15) is 0 Å². The molecule has 0 aliphatic rings. The summed E-state index contributed by atoms with van der Waals surface area (Å²) in [5.74, 6) is 0.962. The number of ether oxygens (including phenoxy) is 1. The van der Waals surface area contributed by atoms with Crippen LogP contribution in [0.15, 0.2) is 18.3 Å². The van der Waals surface area contributed by atoms with Gasteiger partial charge in [0.2, 0.25) is 0 Å². The van der Waals surface area contributed by atoms with E-state index in [0.29, 0.717) is 0 Å². The van der Waals surface area contributed by atoms with Crippen LogP contribution in [-0.2, 0) is 0 Å². The summed E-state index contributed by atoms with van der Waals surface area (Å²) in [5.41, 5.74) is 0. The van der Waals surface area contributed by atoms with Gasteiger partial charge < -0.3 is 0 Å². The summed E-state index contributed by atoms with van der Waals surface area (Å²) in [6.45, 7) is 9.76. The van der Waals surface area contributed by atoms with Gasteiger partial charge in [0.15, 0.2) is 0 Å². The first-order valence-electron chi connectivity index (χ1n) is 9.32. The van der Waals surface area contributed by atoms with Gasteiger partial charge in [-0.1, -0.05) is 0 Å². The third-order valence-electron chi connectivity index (χ3n) is 4.65. The number of nitrogens with zero attached hydrogens (tertiary/aromatic N) is 1. The quantitative estimate of drug-likeness (QED) is 0.421. The molecule has 0 aliphatic heterocycles. The number of rotatable bonds is 12. The third-order valence-corrected chi connectivity index (χ3v) is 20.2. The molecule has 3 heteroatoms. The van der Waals surface area contributed by atoms with E-state index in [2.05, 4.69) is 44.8 Å². The predicted octanol–water partition coefficient (Wildman–Crippen LogP) is 5.54. The van der Waals surface area contributed by atoms with Gasteiger partial charge in [0, 0.05) is 0 Å². The van der Waals surface area contributed by atoms with Crippen molar-refractivity contribution in [3.63, 3.8) is 0 Å². The first kappa shape index (κ1) is 19.8. The average Bonchev–Trinajstić information content (AvgIpc) is 2.56. The minimum absolute atomic E-state index is 0.724. The summed E-state index contributed by atoms with van der Waals surface area (Å²) in [5, 5.41) is 0. The van der Waals surface area contributed by atoms with Gasteiger partial charge in [-0.3, -0.25) is 0 Å². The van der Waals surface area contributed by atoms with Crippen LogP contribution in [-0.4, -0.2) is 30.0 Å². The Hall–Kier alpha value is -0.251. The van der Waals surface area contributed by atoms with Crippen molar-refractivity contribution in [1.29, 1.82) is 0 Å². The zero-order chi connectivity index (χ0) is 16.3. The van der Waals surface area contributed by atoms with Crippen LogP contribution in [0.5, 0.6) is 5.88 Å². The Labute approximate surface area is 141 Å². The van der Waals surface area contributed by atoms with Crippen molar-refractivity contribution in [1.82, 2.24) is 4.98 Å². The molecule has 1 aromatic heterocycles. The van der Waals surface area contributed by atoms with Gasteiger partial charge in [0.05, 0.1) is 0 Å². The first-order chi connectivity index (χ1) is 10.7. The Bertz CT molecular complexity index is 386. The second-order valence-electron chi connectivity index (χ2n) is 6.38. The van der Waals surface area contributed by atoms with Crippen LogP contribution in [0.1, 0.15) is 66.2 Å². The molecule has 0 saturated heterocycles. The summed E-state index contributed by atoms with van der Waals surface area (Å²) in [7, 11) is 0. The minimum atomic E-state index is -2.40. The molecule has 0 spiro atoms. The van der Waals surface area contributed by atoms with E-state index >= 15 is 0 Å². The molecule has 0 atom stereocenters. The Kier molecular flexibility index (Phi) is 10.2. The molecule has 0 radical (unpaired) electrons. The number of unbranched alkanes of at least 4 members (excludes halogenated alkanes) is 3. The molecule has 0 N–H and O–H groups in total. The molecule has 0 aliphatic carbocycles. The Balaban J connectivity index is 3.18. The van der Waals surface area contributed by atoms with Crippen LogP contribution in [0, 0.1) is 0 Å². The van der Waals surface area contributed by atoms with Gasteiger partial charge in [-0.15, -0.1) is 0 Å². The van der Waals surface area contributed by atoms with Crippen LogP contribution in [0.3, 0.4) is 0 Å². The van der Waals surface area contributed by atoms with E-state index in [9.17, 15) is 0 Å². The van der Waals surface area contributed by atoms with E-state index < -0.39 is 18.4 Å². The fraction of sp³-hybridized carbons (Fsp3) is 0.737. The zero-order valence-electron chi connectivity index (χ0n) is 15.2. The molecule has 0 fully saturated rings. The first-order valence-corrected chi connectivity index (χ1v) is 16.8. The van der Waals surface area contributed by atoms with Crippen LogP contribution in [0.4, 0.5) is 0 Å². The van der Waals surface area contributed by atoms with E-state index in [1.165, 1.54) is 51.8 Å². The standard InChI is InChI=1S/C7H8NO.3C4H9.Sn/c1-2-9-7-5-3-4-6-8-7;3*1-3-4-2;/h3-4,6H,2H2,1H3;3*1,3-4H2,2H3;. The molecule has 2 nitrogen and oxygen atoms in total. The molecule has 1 rings (SSSR count). The van der Waals surface area contributed by atoms with E-state index in [1.54, 1.807) is 3.58 Å². The van der Waals surface area contributed by atoms with Crippen molar-refractivity contribution in [3.8, 4) is 5.88 Å². The molecule has 0 unspecified atom stereocenters. The maximum absolute atomic E-state index is 5.92. The van der Waals surface area contributed by atoms with Crippen LogP contribution in [0.25, 0.3) is 0 Å². The van der Waals surface area contributed by atoms with Crippen molar-refractivity contribution in [2.75, 3.05) is 6.61 Å². The summed E-state index contributed by atoms with van der Waals surface area (Å²) < 4.78 is 11.9. The molecule has 22 heavy (non-hydrogen) atoms. The number of hydrogen-bond donors (Lipinski definition) is 0. The van der Waals surface area contributed by atoms with E-state index in [0.717, 1.165) is 12.5 Å². The van der Waals surface area contributed by atoms with Gasteiger partial charge in [0.25, 0.3) is 0 Å². The SMILES string of the molecule is CCC[CH2][Sn]([CH2]CCC)([CH2]CCC)[c]1cccnc1OCC. The van der Waals surface area contributed by atoms with E-state index in [4.69, 9.17) is 4.74 Å². The fourth-order valence-corrected chi connectivity index (χ4v) is 19.6. The fourth-order valence-electron chi connectivity index (χ4n) is 3.37. The maximum atomic E-state index is 5.92. The van der Waals surface area contributed by atoms with Crippen molar-refractivity contribution in [2.45, 2.75) is 79.5 Å². The Morgan fingerprint density at radius 3 is 1.91 bits per heavy atom. The monoisotopic (exact) mass is 413 g/mol. The van der Waals surface area contributed by atoms with Crippen LogP contribution in [0.2, 0.25) is 13.3 Å². The molecule has 0 bridgehead atoms. The molecule has 126 valence electrons. The van der Waals surface area contributed by atoms with Gasteiger partial charge in [-0.05, 0) is 0 Å². The summed E-state index contributed by atoms with van der Waals surface area (Å²) >= 11 is -2.40. The molecule has 1 aromatic rings. The normalized spacial score (nSPS) is 11.6. The summed E-state index contributed by atoms with van der Waals surface area (Å²) in [6.07, 6.45) is 9.95.